The molecule has 2 rings (SSSR count). The number of aromatic nitrogens is 3. The number of nitrogens with zero attached hydrogens (tertiary/aromatic N) is 4. The second-order valence-electron chi connectivity index (χ2n) is 4.50. The zero-order valence-corrected chi connectivity index (χ0v) is 11.6. The predicted molar refractivity (Wildman–Crippen MR) is 71.9 cm³/mol. The highest BCUT2D eigenvalue weighted by atomic mass is 32.1. The third-order valence-corrected chi connectivity index (χ3v) is 4.00. The molecular formula is C11H21N5S. The summed E-state index contributed by atoms with van der Waals surface area (Å²) in [7, 11) is 1.96. The molecule has 2 heterocycles. The first-order chi connectivity index (χ1) is 8.17. The maximum absolute atomic E-state index is 5.14. The van der Waals surface area contributed by atoms with Crippen LogP contribution in [0.3, 0.4) is 0 Å². The molecule has 0 radical (unpaired) electrons. The maximum atomic E-state index is 5.14. The molecule has 96 valence electrons. The smallest absolute Gasteiger partial charge is 0.225 e. The molecule has 1 aromatic heterocycles. The van der Waals surface area contributed by atoms with Crippen LogP contribution in [0.5, 0.6) is 0 Å². The Balaban J connectivity index is 2.07. The number of anilines is 1. The zero-order valence-electron chi connectivity index (χ0n) is 10.8. The van der Waals surface area contributed by atoms with E-state index in [1.807, 2.05) is 11.6 Å². The first-order valence-corrected chi connectivity index (χ1v) is 6.68. The lowest BCUT2D eigenvalue weighted by Gasteiger charge is -2.26. The minimum Gasteiger partial charge on any atom is -0.339 e. The van der Waals surface area contributed by atoms with Crippen LogP contribution >= 0.6 is 12.2 Å². The average molecular weight is 255 g/mol. The first-order valence-electron chi connectivity index (χ1n) is 6.27. The molecular weight excluding hydrogens is 234 g/mol. The molecule has 1 aromatic rings. The molecule has 5 nitrogen and oxygen atoms in total. The van der Waals surface area contributed by atoms with E-state index >= 15 is 0 Å². The van der Waals surface area contributed by atoms with Crippen molar-refractivity contribution in [2.75, 3.05) is 31.1 Å². The number of likely N-dealkylation sites (N-methyl/N-ethyl adjacent to an activating group) is 1. The van der Waals surface area contributed by atoms with Crippen LogP contribution in [0.1, 0.15) is 20.3 Å². The van der Waals surface area contributed by atoms with E-state index < -0.39 is 0 Å². The summed E-state index contributed by atoms with van der Waals surface area (Å²) in [5.74, 6) is 0.963. The summed E-state index contributed by atoms with van der Waals surface area (Å²) in [6, 6.07) is 0.648. The number of rotatable bonds is 4. The number of hydrogen-bond donors (Lipinski definition) is 1. The molecule has 0 aromatic carbocycles. The van der Waals surface area contributed by atoms with Gasteiger partial charge in [-0.2, -0.15) is 0 Å². The Kier molecular flexibility index (Phi) is 3.83. The molecule has 0 bridgehead atoms. The van der Waals surface area contributed by atoms with E-state index in [4.69, 9.17) is 12.2 Å². The number of H-pyrrole nitrogens is 1. The highest BCUT2D eigenvalue weighted by Gasteiger charge is 2.28. The van der Waals surface area contributed by atoms with Gasteiger partial charge >= 0.3 is 0 Å². The summed E-state index contributed by atoms with van der Waals surface area (Å²) in [5.41, 5.74) is 0. The Morgan fingerprint density at radius 1 is 1.47 bits per heavy atom. The zero-order chi connectivity index (χ0) is 12.4. The van der Waals surface area contributed by atoms with Crippen molar-refractivity contribution in [1.29, 1.82) is 0 Å². The number of nitrogens with one attached hydrogen (secondary N) is 1. The van der Waals surface area contributed by atoms with E-state index in [-0.39, 0.29) is 0 Å². The molecule has 1 aliphatic rings. The Morgan fingerprint density at radius 2 is 2.18 bits per heavy atom. The van der Waals surface area contributed by atoms with Crippen molar-refractivity contribution >= 4 is 18.2 Å². The number of hydrogen-bond acceptors (Lipinski definition) is 4. The van der Waals surface area contributed by atoms with Crippen molar-refractivity contribution in [3.8, 4) is 0 Å². The van der Waals surface area contributed by atoms with Crippen LogP contribution in [-0.2, 0) is 7.05 Å². The van der Waals surface area contributed by atoms with E-state index in [0.717, 1.165) is 32.1 Å². The molecule has 17 heavy (non-hydrogen) atoms. The monoisotopic (exact) mass is 255 g/mol. The third kappa shape index (κ3) is 2.37. The molecule has 1 unspecified atom stereocenters. The Hall–Kier alpha value is -0.880. The standard InChI is InChI=1S/C11H21N5S/c1-4-15(5-2)9-6-7-16(8-9)10-12-13-11(17)14(10)3/h9H,4-8H2,1-3H3,(H,13,17). The third-order valence-electron chi connectivity index (χ3n) is 3.63. The first kappa shape index (κ1) is 12.6. The lowest BCUT2D eigenvalue weighted by atomic mass is 10.2. The summed E-state index contributed by atoms with van der Waals surface area (Å²) in [5, 5.41) is 7.14. The maximum Gasteiger partial charge on any atom is 0.225 e. The van der Waals surface area contributed by atoms with Crippen LogP contribution in [0.2, 0.25) is 0 Å². The highest BCUT2D eigenvalue weighted by Crippen LogP contribution is 2.20. The topological polar surface area (TPSA) is 40.1 Å². The Bertz CT molecular complexity index is 420. The molecule has 1 atom stereocenters. The van der Waals surface area contributed by atoms with Gasteiger partial charge in [-0.1, -0.05) is 13.8 Å². The van der Waals surface area contributed by atoms with E-state index in [9.17, 15) is 0 Å². The van der Waals surface area contributed by atoms with E-state index in [1.165, 1.54) is 6.42 Å². The fourth-order valence-corrected chi connectivity index (χ4v) is 2.71. The molecule has 1 aliphatic heterocycles. The van der Waals surface area contributed by atoms with Gasteiger partial charge in [-0.3, -0.25) is 9.47 Å². The average Bonchev–Trinajstić information content (AvgIpc) is 2.90. The Morgan fingerprint density at radius 3 is 2.71 bits per heavy atom. The highest BCUT2D eigenvalue weighted by molar-refractivity contribution is 7.71. The van der Waals surface area contributed by atoms with Gasteiger partial charge in [0.1, 0.15) is 0 Å². The number of aromatic amines is 1. The van der Waals surface area contributed by atoms with Crippen molar-refractivity contribution < 1.29 is 0 Å². The SMILES string of the molecule is CCN(CC)C1CCN(c2n[nH]c(=S)n2C)C1. The van der Waals surface area contributed by atoms with E-state index in [0.29, 0.717) is 10.8 Å². The fraction of sp³-hybridized carbons (Fsp3) is 0.818. The molecule has 1 fully saturated rings. The Labute approximate surface area is 107 Å². The largest absolute Gasteiger partial charge is 0.339 e. The van der Waals surface area contributed by atoms with E-state index in [1.54, 1.807) is 0 Å². The van der Waals surface area contributed by atoms with Gasteiger partial charge in [0.2, 0.25) is 5.95 Å². The van der Waals surface area contributed by atoms with Gasteiger partial charge in [-0.05, 0) is 31.7 Å². The molecule has 0 aliphatic carbocycles. The van der Waals surface area contributed by atoms with Crippen LogP contribution in [0.4, 0.5) is 5.95 Å². The molecule has 0 amide bonds. The van der Waals surface area contributed by atoms with Crippen LogP contribution in [-0.4, -0.2) is 51.9 Å². The molecule has 1 N–H and O–H groups in total. The van der Waals surface area contributed by atoms with Crippen molar-refractivity contribution in [3.63, 3.8) is 0 Å². The van der Waals surface area contributed by atoms with Crippen molar-refractivity contribution in [2.24, 2.45) is 7.05 Å². The van der Waals surface area contributed by atoms with E-state index in [2.05, 4.69) is 33.8 Å². The van der Waals surface area contributed by atoms with Crippen molar-refractivity contribution in [3.05, 3.63) is 4.77 Å². The summed E-state index contributed by atoms with van der Waals surface area (Å²) in [4.78, 5) is 4.83. The van der Waals surface area contributed by atoms with Gasteiger partial charge in [-0.15, -0.1) is 5.10 Å². The molecule has 6 heteroatoms. The van der Waals surface area contributed by atoms with Crippen molar-refractivity contribution in [2.45, 2.75) is 26.3 Å². The lowest BCUT2D eigenvalue weighted by molar-refractivity contribution is 0.232. The van der Waals surface area contributed by atoms with Crippen LogP contribution in [0.25, 0.3) is 0 Å². The van der Waals surface area contributed by atoms with Gasteiger partial charge in [0.25, 0.3) is 0 Å². The summed E-state index contributed by atoms with van der Waals surface area (Å²) < 4.78 is 2.63. The normalized spacial score (nSPS) is 20.5. The van der Waals surface area contributed by atoms with Gasteiger partial charge in [-0.25, -0.2) is 5.10 Å². The lowest BCUT2D eigenvalue weighted by Crippen LogP contribution is -2.37. The van der Waals surface area contributed by atoms with Crippen LogP contribution in [0, 0.1) is 4.77 Å². The second-order valence-corrected chi connectivity index (χ2v) is 4.88. The minimum atomic E-state index is 0.648. The quantitative estimate of drug-likeness (QED) is 0.826. The van der Waals surface area contributed by atoms with Gasteiger partial charge < -0.3 is 4.90 Å². The van der Waals surface area contributed by atoms with Crippen LogP contribution in [0.15, 0.2) is 0 Å². The minimum absolute atomic E-state index is 0.648. The summed E-state index contributed by atoms with van der Waals surface area (Å²) in [6.45, 7) is 8.80. The molecule has 0 spiro atoms. The van der Waals surface area contributed by atoms with Gasteiger partial charge in [0.15, 0.2) is 4.77 Å². The summed E-state index contributed by atoms with van der Waals surface area (Å²) >= 11 is 5.14. The predicted octanol–water partition coefficient (Wildman–Crippen LogP) is 1.40. The fourth-order valence-electron chi connectivity index (χ4n) is 2.58. The summed E-state index contributed by atoms with van der Waals surface area (Å²) in [6.07, 6.45) is 1.21. The van der Waals surface area contributed by atoms with Gasteiger partial charge in [0.05, 0.1) is 0 Å². The van der Waals surface area contributed by atoms with Crippen LogP contribution < -0.4 is 4.90 Å². The molecule has 1 saturated heterocycles. The second kappa shape index (κ2) is 5.18. The van der Waals surface area contributed by atoms with Gasteiger partial charge in [0, 0.05) is 26.2 Å². The molecule has 0 saturated carbocycles. The van der Waals surface area contributed by atoms with Crippen molar-refractivity contribution in [1.82, 2.24) is 19.7 Å².